The summed E-state index contributed by atoms with van der Waals surface area (Å²) in [5.41, 5.74) is 26.1. The lowest BCUT2D eigenvalue weighted by atomic mass is 9.78. The number of guanidine groups is 2. The number of nitrogens with zero attached hydrogens (tertiary/aromatic N) is 2. The molecule has 232 valence electrons. The zero-order valence-electron chi connectivity index (χ0n) is 25.0. The van der Waals surface area contributed by atoms with E-state index in [1.165, 1.54) is 0 Å². The molecule has 4 aromatic rings. The van der Waals surface area contributed by atoms with Gasteiger partial charge in [0.2, 0.25) is 0 Å². The second-order valence-electron chi connectivity index (χ2n) is 10.6. The lowest BCUT2D eigenvalue weighted by Gasteiger charge is -2.26. The van der Waals surface area contributed by atoms with Crippen molar-refractivity contribution in [1.29, 1.82) is 0 Å². The van der Waals surface area contributed by atoms with Gasteiger partial charge >= 0.3 is 12.2 Å². The van der Waals surface area contributed by atoms with Crippen LogP contribution in [-0.4, -0.2) is 24.1 Å². The van der Waals surface area contributed by atoms with Crippen LogP contribution in [0.2, 0.25) is 0 Å². The van der Waals surface area contributed by atoms with E-state index < -0.39 is 12.2 Å². The zero-order chi connectivity index (χ0) is 32.4. The Morgan fingerprint density at radius 3 is 1.22 bits per heavy atom. The number of carbonyl (C=O) groups is 2. The monoisotopic (exact) mass is 608 g/mol. The summed E-state index contributed by atoms with van der Waals surface area (Å²) >= 11 is 0. The number of nitrogens with two attached hydrogens (primary N) is 4. The van der Waals surface area contributed by atoms with E-state index in [0.717, 1.165) is 22.3 Å². The van der Waals surface area contributed by atoms with Crippen LogP contribution in [0.25, 0.3) is 0 Å². The Kier molecular flexibility index (Phi) is 10.2. The lowest BCUT2D eigenvalue weighted by Crippen LogP contribution is -2.26. The smallest absolute Gasteiger partial charge is 0.410 e. The van der Waals surface area contributed by atoms with Gasteiger partial charge in [0.15, 0.2) is 11.9 Å². The molecule has 0 spiro atoms. The van der Waals surface area contributed by atoms with Crippen LogP contribution in [0.1, 0.15) is 36.1 Å². The molecule has 0 fully saturated rings. The molecular formula is C33H36N8O4. The maximum Gasteiger partial charge on any atom is 0.412 e. The normalized spacial score (nSPS) is 10.7. The van der Waals surface area contributed by atoms with E-state index in [0.29, 0.717) is 22.9 Å². The quantitative estimate of drug-likeness (QED) is 0.112. The average molecular weight is 609 g/mol. The van der Waals surface area contributed by atoms with Gasteiger partial charge in [0.05, 0.1) is 11.4 Å². The Bertz CT molecular complexity index is 1530. The number of benzene rings is 4. The van der Waals surface area contributed by atoms with Crippen molar-refractivity contribution in [1.82, 2.24) is 10.6 Å². The largest absolute Gasteiger partial charge is 0.412 e. The summed E-state index contributed by atoms with van der Waals surface area (Å²) < 4.78 is 10.9. The van der Waals surface area contributed by atoms with E-state index in [1.807, 2.05) is 48.5 Å². The maximum absolute atomic E-state index is 12.3. The molecule has 0 aliphatic carbocycles. The molecule has 0 aliphatic heterocycles. The van der Waals surface area contributed by atoms with Gasteiger partial charge in [-0.25, -0.2) is 19.6 Å². The van der Waals surface area contributed by atoms with Gasteiger partial charge in [-0.1, -0.05) is 62.4 Å². The minimum absolute atomic E-state index is 0.0226. The molecule has 0 saturated carbocycles. The van der Waals surface area contributed by atoms with Gasteiger partial charge in [-0.3, -0.25) is 0 Å². The number of aliphatic imine (C=N–C) groups is 2. The molecule has 2 amide bonds. The van der Waals surface area contributed by atoms with Crippen molar-refractivity contribution in [2.45, 2.75) is 32.4 Å². The molecule has 0 radical (unpaired) electrons. The van der Waals surface area contributed by atoms with Crippen LogP contribution in [0.15, 0.2) is 107 Å². The zero-order valence-corrected chi connectivity index (χ0v) is 25.0. The van der Waals surface area contributed by atoms with Gasteiger partial charge < -0.3 is 43.0 Å². The fourth-order valence-electron chi connectivity index (χ4n) is 4.36. The van der Waals surface area contributed by atoms with E-state index >= 15 is 0 Å². The molecule has 0 atom stereocenters. The second kappa shape index (κ2) is 14.4. The molecule has 12 heteroatoms. The number of nitrogens with one attached hydrogen (secondary N) is 2. The number of carbonyl (C=O) groups excluding carboxylic acids is 2. The molecule has 45 heavy (non-hydrogen) atoms. The number of hydrogen-bond donors (Lipinski definition) is 6. The number of rotatable bonds is 10. The molecule has 0 bridgehead atoms. The third kappa shape index (κ3) is 9.48. The van der Waals surface area contributed by atoms with Gasteiger partial charge in [0, 0.05) is 18.5 Å². The Hall–Kier alpha value is -6.04. The van der Waals surface area contributed by atoms with Crippen molar-refractivity contribution in [3.63, 3.8) is 0 Å². The maximum atomic E-state index is 12.3. The predicted octanol–water partition coefficient (Wildman–Crippen LogP) is 4.40. The van der Waals surface area contributed by atoms with E-state index in [1.54, 1.807) is 48.5 Å². The Morgan fingerprint density at radius 1 is 0.578 bits per heavy atom. The van der Waals surface area contributed by atoms with Crippen LogP contribution < -0.4 is 43.0 Å². The highest BCUT2D eigenvalue weighted by atomic mass is 16.6. The lowest BCUT2D eigenvalue weighted by molar-refractivity contribution is 0.199. The SMILES string of the molecule is CC(C)(c1ccc(OC(=O)NCc2ccc(N=C(N)N)cc2)cc1)c1ccc(OC(=O)NCc2ccc(N=C(N)N)cc2)cc1. The average Bonchev–Trinajstić information content (AvgIpc) is 3.00. The summed E-state index contributed by atoms with van der Waals surface area (Å²) in [7, 11) is 0. The summed E-state index contributed by atoms with van der Waals surface area (Å²) in [6.45, 7) is 4.72. The molecule has 0 aromatic heterocycles. The van der Waals surface area contributed by atoms with Crippen molar-refractivity contribution >= 4 is 35.5 Å². The highest BCUT2D eigenvalue weighted by Crippen LogP contribution is 2.33. The van der Waals surface area contributed by atoms with Gasteiger partial charge in [-0.05, 0) is 70.8 Å². The van der Waals surface area contributed by atoms with Gasteiger partial charge in [-0.15, -0.1) is 0 Å². The van der Waals surface area contributed by atoms with Crippen LogP contribution >= 0.6 is 0 Å². The third-order valence-electron chi connectivity index (χ3n) is 6.84. The van der Waals surface area contributed by atoms with Crippen LogP contribution in [-0.2, 0) is 18.5 Å². The molecule has 4 aromatic carbocycles. The Morgan fingerprint density at radius 2 is 0.911 bits per heavy atom. The first kappa shape index (κ1) is 31.9. The van der Waals surface area contributed by atoms with E-state index in [-0.39, 0.29) is 30.4 Å². The van der Waals surface area contributed by atoms with E-state index in [4.69, 9.17) is 32.4 Å². The fraction of sp³-hybridized carbons (Fsp3) is 0.152. The molecule has 10 N–H and O–H groups in total. The third-order valence-corrected chi connectivity index (χ3v) is 6.84. The van der Waals surface area contributed by atoms with Crippen molar-refractivity contribution in [2.24, 2.45) is 32.9 Å². The first-order valence-electron chi connectivity index (χ1n) is 14.0. The Labute approximate surface area is 261 Å². The van der Waals surface area contributed by atoms with E-state index in [2.05, 4.69) is 34.5 Å². The van der Waals surface area contributed by atoms with Gasteiger partial charge in [0.25, 0.3) is 0 Å². The molecule has 4 rings (SSSR count). The first-order chi connectivity index (χ1) is 21.5. The van der Waals surface area contributed by atoms with Crippen molar-refractivity contribution in [2.75, 3.05) is 0 Å². The van der Waals surface area contributed by atoms with Crippen molar-refractivity contribution in [3.8, 4) is 11.5 Å². The van der Waals surface area contributed by atoms with Crippen LogP contribution in [0, 0.1) is 0 Å². The molecule has 0 unspecified atom stereocenters. The standard InChI is InChI=1S/C33H36N8O4/c1-33(2,23-7-15-27(16-8-23)44-31(42)38-19-21-3-11-25(12-4-21)40-29(34)35)24-9-17-28(18-10-24)45-32(43)39-20-22-5-13-26(14-6-22)41-30(36)37/h3-18H,19-20H2,1-2H3,(H,38,42)(H,39,43)(H4,34,35,40)(H4,36,37,41). The number of hydrogen-bond acceptors (Lipinski definition) is 6. The van der Waals surface area contributed by atoms with Gasteiger partial charge in [0.1, 0.15) is 11.5 Å². The molecule has 12 nitrogen and oxygen atoms in total. The minimum Gasteiger partial charge on any atom is -0.410 e. The van der Waals surface area contributed by atoms with Crippen molar-refractivity contribution < 1.29 is 19.1 Å². The predicted molar refractivity (Wildman–Crippen MR) is 175 cm³/mol. The first-order valence-corrected chi connectivity index (χ1v) is 14.0. The van der Waals surface area contributed by atoms with E-state index in [9.17, 15) is 9.59 Å². The minimum atomic E-state index is -0.573. The summed E-state index contributed by atoms with van der Waals surface area (Å²) in [6, 6.07) is 28.9. The molecule has 0 aliphatic rings. The summed E-state index contributed by atoms with van der Waals surface area (Å²) in [6.07, 6.45) is -1.15. The number of amides is 2. The molecule has 0 heterocycles. The fourth-order valence-corrected chi connectivity index (χ4v) is 4.36. The highest BCUT2D eigenvalue weighted by molar-refractivity contribution is 5.79. The molecule has 0 saturated heterocycles. The van der Waals surface area contributed by atoms with Crippen molar-refractivity contribution in [3.05, 3.63) is 119 Å². The highest BCUT2D eigenvalue weighted by Gasteiger charge is 2.23. The summed E-state index contributed by atoms with van der Waals surface area (Å²) in [4.78, 5) is 32.6. The topological polar surface area (TPSA) is 205 Å². The Balaban J connectivity index is 1.26. The number of ether oxygens (including phenoxy) is 2. The summed E-state index contributed by atoms with van der Waals surface area (Å²) in [5, 5.41) is 5.44. The van der Waals surface area contributed by atoms with Gasteiger partial charge in [-0.2, -0.15) is 0 Å². The van der Waals surface area contributed by atoms with Crippen LogP contribution in [0.5, 0.6) is 11.5 Å². The van der Waals surface area contributed by atoms with Crippen LogP contribution in [0.3, 0.4) is 0 Å². The second-order valence-corrected chi connectivity index (χ2v) is 10.6. The van der Waals surface area contributed by atoms with Crippen LogP contribution in [0.4, 0.5) is 21.0 Å². The molecular weight excluding hydrogens is 572 g/mol. The summed E-state index contributed by atoms with van der Waals surface area (Å²) in [5.74, 6) is 0.778.